The molecule has 0 atom stereocenters. The highest BCUT2D eigenvalue weighted by atomic mass is 16.5. The summed E-state index contributed by atoms with van der Waals surface area (Å²) >= 11 is 0. The summed E-state index contributed by atoms with van der Waals surface area (Å²) in [6, 6.07) is 3.20. The predicted octanol–water partition coefficient (Wildman–Crippen LogP) is 0.243. The first kappa shape index (κ1) is 9.51. The van der Waals surface area contributed by atoms with E-state index >= 15 is 0 Å². The van der Waals surface area contributed by atoms with E-state index in [1.54, 1.807) is 29.8 Å². The molecular weight excluding hydrogens is 170 g/mol. The van der Waals surface area contributed by atoms with Crippen LogP contribution in [0.2, 0.25) is 0 Å². The fraction of sp³-hybridized carbons (Fsp3) is 0.333. The molecule has 1 heterocycles. The van der Waals surface area contributed by atoms with Crippen LogP contribution >= 0.6 is 0 Å². The van der Waals surface area contributed by atoms with Gasteiger partial charge in [-0.2, -0.15) is 4.57 Å². The first-order valence-corrected chi connectivity index (χ1v) is 4.06. The minimum Gasteiger partial charge on any atom is -0.503 e. The lowest BCUT2D eigenvalue weighted by molar-refractivity contribution is -0.686. The van der Waals surface area contributed by atoms with Crippen molar-refractivity contribution in [2.75, 3.05) is 6.61 Å². The maximum absolute atomic E-state index is 11.0. The molecule has 0 bridgehead atoms. The number of esters is 1. The monoisotopic (exact) mass is 182 g/mol. The van der Waals surface area contributed by atoms with E-state index in [9.17, 15) is 4.79 Å². The third kappa shape index (κ3) is 3.11. The summed E-state index contributed by atoms with van der Waals surface area (Å²) in [7, 11) is 0. The summed E-state index contributed by atoms with van der Waals surface area (Å²) in [6.45, 7) is 2.26. The van der Waals surface area contributed by atoms with Gasteiger partial charge >= 0.3 is 5.97 Å². The number of ether oxygens (including phenoxy) is 1. The van der Waals surface area contributed by atoms with Gasteiger partial charge in [-0.15, -0.1) is 0 Å². The minimum absolute atomic E-state index is 0.127. The number of hydrogen-bond donors (Lipinski definition) is 1. The van der Waals surface area contributed by atoms with Gasteiger partial charge in [0.15, 0.2) is 11.9 Å². The van der Waals surface area contributed by atoms with Gasteiger partial charge in [-0.1, -0.05) is 0 Å². The molecule has 4 nitrogen and oxygen atoms in total. The Balaban J connectivity index is 2.58. The molecule has 0 aliphatic heterocycles. The minimum atomic E-state index is -0.307. The van der Waals surface area contributed by atoms with Crippen molar-refractivity contribution in [3.05, 3.63) is 24.5 Å². The largest absolute Gasteiger partial charge is 0.503 e. The molecule has 0 fully saturated rings. The van der Waals surface area contributed by atoms with Gasteiger partial charge in [0.2, 0.25) is 12.7 Å². The molecule has 0 unspecified atom stereocenters. The van der Waals surface area contributed by atoms with Crippen LogP contribution in [0.25, 0.3) is 0 Å². The van der Waals surface area contributed by atoms with Crippen LogP contribution in [0.15, 0.2) is 24.5 Å². The molecule has 0 radical (unpaired) electrons. The average molecular weight is 182 g/mol. The lowest BCUT2D eigenvalue weighted by Crippen LogP contribution is -2.37. The van der Waals surface area contributed by atoms with Crippen LogP contribution < -0.4 is 4.57 Å². The Bertz CT molecular complexity index is 299. The zero-order valence-corrected chi connectivity index (χ0v) is 7.43. The third-order valence-electron chi connectivity index (χ3n) is 1.46. The maximum Gasteiger partial charge on any atom is 0.372 e. The highest BCUT2D eigenvalue weighted by Crippen LogP contribution is 1.99. The third-order valence-corrected chi connectivity index (χ3v) is 1.46. The van der Waals surface area contributed by atoms with Gasteiger partial charge in [0.05, 0.1) is 6.61 Å². The van der Waals surface area contributed by atoms with Crippen molar-refractivity contribution in [1.82, 2.24) is 0 Å². The molecule has 1 N–H and O–H groups in total. The first-order chi connectivity index (χ1) is 6.22. The van der Waals surface area contributed by atoms with Crippen molar-refractivity contribution >= 4 is 5.97 Å². The fourth-order valence-electron chi connectivity index (χ4n) is 0.962. The van der Waals surface area contributed by atoms with Crippen LogP contribution in [-0.4, -0.2) is 17.7 Å². The van der Waals surface area contributed by atoms with Gasteiger partial charge in [-0.25, -0.2) is 4.79 Å². The number of nitrogens with zero attached hydrogens (tertiary/aromatic N) is 1. The Morgan fingerprint density at radius 2 is 2.46 bits per heavy atom. The summed E-state index contributed by atoms with van der Waals surface area (Å²) in [5.41, 5.74) is 0. The van der Waals surface area contributed by atoms with Crippen molar-refractivity contribution in [2.45, 2.75) is 13.5 Å². The summed E-state index contributed by atoms with van der Waals surface area (Å²) in [5, 5.41) is 9.08. The van der Waals surface area contributed by atoms with E-state index in [1.165, 1.54) is 6.20 Å². The van der Waals surface area contributed by atoms with E-state index in [2.05, 4.69) is 0 Å². The average Bonchev–Trinajstić information content (AvgIpc) is 2.04. The van der Waals surface area contributed by atoms with Crippen LogP contribution in [0.4, 0.5) is 0 Å². The van der Waals surface area contributed by atoms with E-state index in [1.807, 2.05) is 0 Å². The number of aromatic nitrogens is 1. The Kier molecular flexibility index (Phi) is 3.25. The maximum atomic E-state index is 11.0. The second-order valence-corrected chi connectivity index (χ2v) is 2.54. The standard InChI is InChI=1S/C9H11NO3/c1-2-13-9(12)7-10-5-3-4-8(11)6-10/h3-6H,2,7H2,1H3/p+1. The van der Waals surface area contributed by atoms with Crippen molar-refractivity contribution < 1.29 is 19.2 Å². The van der Waals surface area contributed by atoms with E-state index < -0.39 is 0 Å². The Labute approximate surface area is 76.4 Å². The van der Waals surface area contributed by atoms with Gasteiger partial charge in [0.25, 0.3) is 0 Å². The van der Waals surface area contributed by atoms with Gasteiger partial charge in [0.1, 0.15) is 0 Å². The van der Waals surface area contributed by atoms with Crippen LogP contribution in [-0.2, 0) is 16.1 Å². The number of rotatable bonds is 3. The Morgan fingerprint density at radius 3 is 3.08 bits per heavy atom. The van der Waals surface area contributed by atoms with Crippen LogP contribution in [0, 0.1) is 0 Å². The smallest absolute Gasteiger partial charge is 0.372 e. The second-order valence-electron chi connectivity index (χ2n) is 2.54. The van der Waals surface area contributed by atoms with E-state index in [0.29, 0.717) is 6.61 Å². The molecule has 4 heteroatoms. The van der Waals surface area contributed by atoms with E-state index in [-0.39, 0.29) is 18.3 Å². The molecule has 13 heavy (non-hydrogen) atoms. The summed E-state index contributed by atoms with van der Waals surface area (Å²) in [5.74, 6) is -0.176. The topological polar surface area (TPSA) is 50.4 Å². The molecule has 0 amide bonds. The highest BCUT2D eigenvalue weighted by Gasteiger charge is 2.09. The molecule has 0 aliphatic rings. The fourth-order valence-corrected chi connectivity index (χ4v) is 0.962. The molecule has 1 rings (SSSR count). The first-order valence-electron chi connectivity index (χ1n) is 4.06. The van der Waals surface area contributed by atoms with Crippen LogP contribution in [0.3, 0.4) is 0 Å². The van der Waals surface area contributed by atoms with Crippen molar-refractivity contribution in [3.8, 4) is 5.75 Å². The van der Waals surface area contributed by atoms with Crippen molar-refractivity contribution in [3.63, 3.8) is 0 Å². The van der Waals surface area contributed by atoms with E-state index in [0.717, 1.165) is 0 Å². The molecule has 0 aliphatic carbocycles. The van der Waals surface area contributed by atoms with Crippen molar-refractivity contribution in [2.24, 2.45) is 0 Å². The molecule has 70 valence electrons. The number of hydrogen-bond acceptors (Lipinski definition) is 3. The lowest BCUT2D eigenvalue weighted by atomic mass is 10.4. The molecule has 0 spiro atoms. The van der Waals surface area contributed by atoms with Crippen LogP contribution in [0.5, 0.6) is 5.75 Å². The van der Waals surface area contributed by atoms with Crippen molar-refractivity contribution in [1.29, 1.82) is 0 Å². The Morgan fingerprint density at radius 1 is 1.69 bits per heavy atom. The Hall–Kier alpha value is -1.58. The SMILES string of the molecule is CCOC(=O)C[n+]1cccc(O)c1. The summed E-state index contributed by atoms with van der Waals surface area (Å²) in [4.78, 5) is 11.0. The zero-order valence-electron chi connectivity index (χ0n) is 7.43. The number of carbonyl (C=O) groups is 1. The lowest BCUT2D eigenvalue weighted by Gasteiger charge is -1.97. The second kappa shape index (κ2) is 4.45. The number of pyridine rings is 1. The molecule has 0 saturated carbocycles. The predicted molar refractivity (Wildman–Crippen MR) is 44.9 cm³/mol. The van der Waals surface area contributed by atoms with E-state index in [4.69, 9.17) is 9.84 Å². The molecule has 0 saturated heterocycles. The van der Waals surface area contributed by atoms with Gasteiger partial charge < -0.3 is 9.84 Å². The molecule has 0 aromatic carbocycles. The number of aromatic hydroxyl groups is 1. The zero-order chi connectivity index (χ0) is 9.68. The molecule has 1 aromatic rings. The molecular formula is C9H12NO3+. The highest BCUT2D eigenvalue weighted by molar-refractivity contribution is 5.67. The number of carbonyl (C=O) groups excluding carboxylic acids is 1. The quantitative estimate of drug-likeness (QED) is 0.538. The normalized spacial score (nSPS) is 9.62. The molecule has 1 aromatic heterocycles. The van der Waals surface area contributed by atoms with Gasteiger partial charge in [-0.05, 0) is 13.0 Å². The summed E-state index contributed by atoms with van der Waals surface area (Å²) in [6.07, 6.45) is 3.16. The summed E-state index contributed by atoms with van der Waals surface area (Å²) < 4.78 is 6.31. The van der Waals surface area contributed by atoms with Gasteiger partial charge in [-0.3, -0.25) is 0 Å². The van der Waals surface area contributed by atoms with Crippen LogP contribution in [0.1, 0.15) is 6.92 Å². The van der Waals surface area contributed by atoms with Gasteiger partial charge in [0, 0.05) is 6.07 Å².